The van der Waals surface area contributed by atoms with Crippen LogP contribution in [0.3, 0.4) is 0 Å². The minimum atomic E-state index is 0.518. The van der Waals surface area contributed by atoms with Crippen molar-refractivity contribution in [2.24, 2.45) is 0 Å². The second-order valence-corrected chi connectivity index (χ2v) is 4.33. The monoisotopic (exact) mass is 205 g/mol. The molecule has 15 heavy (non-hydrogen) atoms. The molecule has 0 aliphatic carbocycles. The molecule has 0 saturated carbocycles. The Labute approximate surface area is 93.9 Å². The van der Waals surface area contributed by atoms with Gasteiger partial charge in [0.25, 0.3) is 0 Å². The average molecular weight is 205 g/mol. The molecule has 1 nitrogen and oxygen atoms in total. The van der Waals surface area contributed by atoms with Crippen LogP contribution in [0.15, 0.2) is 18.2 Å². The van der Waals surface area contributed by atoms with Gasteiger partial charge in [0.2, 0.25) is 0 Å². The third-order valence-corrected chi connectivity index (χ3v) is 3.13. The summed E-state index contributed by atoms with van der Waals surface area (Å²) in [6.07, 6.45) is 3.79. The van der Waals surface area contributed by atoms with Crippen LogP contribution >= 0.6 is 0 Å². The lowest BCUT2D eigenvalue weighted by Crippen LogP contribution is -2.16. The van der Waals surface area contributed by atoms with E-state index in [1.165, 1.54) is 36.0 Å². The van der Waals surface area contributed by atoms with Gasteiger partial charge < -0.3 is 5.32 Å². The summed E-state index contributed by atoms with van der Waals surface area (Å²) in [5.74, 6) is 0. The second kappa shape index (κ2) is 5.92. The fourth-order valence-electron chi connectivity index (χ4n) is 1.87. The molecule has 1 atom stereocenters. The van der Waals surface area contributed by atoms with Crippen LogP contribution in [0.5, 0.6) is 0 Å². The smallest absolute Gasteiger partial charge is 0.0317 e. The topological polar surface area (TPSA) is 12.0 Å². The number of hydrogen-bond donors (Lipinski definition) is 1. The van der Waals surface area contributed by atoms with E-state index < -0.39 is 0 Å². The van der Waals surface area contributed by atoms with Gasteiger partial charge in [-0.25, -0.2) is 0 Å². The number of aryl methyl sites for hydroxylation is 2. The Hall–Kier alpha value is -0.820. The fraction of sp³-hybridized carbons (Fsp3) is 0.571. The Bertz CT molecular complexity index is 304. The Morgan fingerprint density at radius 1 is 1.20 bits per heavy atom. The highest BCUT2D eigenvalue weighted by molar-refractivity contribution is 5.31. The standard InChI is InChI=1S/C14H23N/c1-5-6-7-14(15-4)13-9-8-11(2)12(3)10-13/h8-10,14-15H,5-7H2,1-4H3. The van der Waals surface area contributed by atoms with E-state index >= 15 is 0 Å². The first-order valence-corrected chi connectivity index (χ1v) is 5.93. The van der Waals surface area contributed by atoms with Crippen LogP contribution in [0.25, 0.3) is 0 Å². The molecule has 0 bridgehead atoms. The summed E-state index contributed by atoms with van der Waals surface area (Å²) in [5.41, 5.74) is 4.20. The third kappa shape index (κ3) is 3.35. The molecule has 84 valence electrons. The zero-order valence-corrected chi connectivity index (χ0v) is 10.4. The van der Waals surface area contributed by atoms with Crippen LogP contribution in [0.2, 0.25) is 0 Å². The Morgan fingerprint density at radius 3 is 2.47 bits per heavy atom. The first-order chi connectivity index (χ1) is 7.19. The maximum atomic E-state index is 3.40. The zero-order chi connectivity index (χ0) is 11.3. The molecule has 0 aromatic heterocycles. The molecular weight excluding hydrogens is 182 g/mol. The largest absolute Gasteiger partial charge is 0.313 e. The Balaban J connectivity index is 2.78. The molecule has 0 radical (unpaired) electrons. The first kappa shape index (κ1) is 12.3. The van der Waals surface area contributed by atoms with Gasteiger partial charge in [0, 0.05) is 6.04 Å². The van der Waals surface area contributed by atoms with E-state index in [9.17, 15) is 0 Å². The normalized spacial score (nSPS) is 12.8. The summed E-state index contributed by atoms with van der Waals surface area (Å²) in [5, 5.41) is 3.40. The number of rotatable bonds is 5. The van der Waals surface area contributed by atoms with E-state index in [-0.39, 0.29) is 0 Å². The van der Waals surface area contributed by atoms with E-state index in [2.05, 4.69) is 51.3 Å². The third-order valence-electron chi connectivity index (χ3n) is 3.13. The van der Waals surface area contributed by atoms with Gasteiger partial charge in [0.05, 0.1) is 0 Å². The second-order valence-electron chi connectivity index (χ2n) is 4.33. The van der Waals surface area contributed by atoms with Crippen LogP contribution in [-0.2, 0) is 0 Å². The highest BCUT2D eigenvalue weighted by atomic mass is 14.9. The number of unbranched alkanes of at least 4 members (excludes halogenated alkanes) is 1. The number of benzene rings is 1. The summed E-state index contributed by atoms with van der Waals surface area (Å²) in [7, 11) is 2.05. The van der Waals surface area contributed by atoms with Gasteiger partial charge in [-0.2, -0.15) is 0 Å². The van der Waals surface area contributed by atoms with Crippen molar-refractivity contribution >= 4 is 0 Å². The minimum Gasteiger partial charge on any atom is -0.313 e. The van der Waals surface area contributed by atoms with Crippen molar-refractivity contribution < 1.29 is 0 Å². The quantitative estimate of drug-likeness (QED) is 0.772. The Kier molecular flexibility index (Phi) is 4.83. The highest BCUT2D eigenvalue weighted by Crippen LogP contribution is 2.21. The predicted molar refractivity (Wildman–Crippen MR) is 67.2 cm³/mol. The van der Waals surface area contributed by atoms with Crippen molar-refractivity contribution in [2.75, 3.05) is 7.05 Å². The van der Waals surface area contributed by atoms with Gasteiger partial charge in [-0.1, -0.05) is 38.0 Å². The van der Waals surface area contributed by atoms with E-state index in [4.69, 9.17) is 0 Å². The molecule has 0 spiro atoms. The van der Waals surface area contributed by atoms with E-state index in [1.807, 2.05) is 0 Å². The van der Waals surface area contributed by atoms with E-state index in [0.29, 0.717) is 6.04 Å². The van der Waals surface area contributed by atoms with Gasteiger partial charge >= 0.3 is 0 Å². The molecule has 1 heteroatoms. The molecule has 1 aromatic rings. The predicted octanol–water partition coefficient (Wildman–Crippen LogP) is 3.75. The minimum absolute atomic E-state index is 0.518. The lowest BCUT2D eigenvalue weighted by molar-refractivity contribution is 0.522. The lowest BCUT2D eigenvalue weighted by atomic mass is 9.97. The van der Waals surface area contributed by atoms with Gasteiger partial charge in [-0.15, -0.1) is 0 Å². The molecule has 0 amide bonds. The van der Waals surface area contributed by atoms with Crippen LogP contribution in [0, 0.1) is 13.8 Å². The Morgan fingerprint density at radius 2 is 1.93 bits per heavy atom. The molecule has 0 aliphatic heterocycles. The molecule has 0 heterocycles. The van der Waals surface area contributed by atoms with Gasteiger partial charge in [-0.3, -0.25) is 0 Å². The fourth-order valence-corrected chi connectivity index (χ4v) is 1.87. The summed E-state index contributed by atoms with van der Waals surface area (Å²) in [6.45, 7) is 6.60. The summed E-state index contributed by atoms with van der Waals surface area (Å²) in [4.78, 5) is 0. The van der Waals surface area contributed by atoms with Crippen LogP contribution in [-0.4, -0.2) is 7.05 Å². The molecular formula is C14H23N. The van der Waals surface area contributed by atoms with Gasteiger partial charge in [0.1, 0.15) is 0 Å². The van der Waals surface area contributed by atoms with E-state index in [0.717, 1.165) is 0 Å². The van der Waals surface area contributed by atoms with Crippen LogP contribution < -0.4 is 5.32 Å². The summed E-state index contributed by atoms with van der Waals surface area (Å²) < 4.78 is 0. The molecule has 1 aromatic carbocycles. The molecule has 0 aliphatic rings. The molecule has 0 fully saturated rings. The maximum Gasteiger partial charge on any atom is 0.0317 e. The highest BCUT2D eigenvalue weighted by Gasteiger charge is 2.08. The summed E-state index contributed by atoms with van der Waals surface area (Å²) >= 11 is 0. The zero-order valence-electron chi connectivity index (χ0n) is 10.4. The molecule has 1 rings (SSSR count). The maximum absolute atomic E-state index is 3.40. The molecule has 0 saturated heterocycles. The van der Waals surface area contributed by atoms with Crippen molar-refractivity contribution in [1.29, 1.82) is 0 Å². The lowest BCUT2D eigenvalue weighted by Gasteiger charge is -2.17. The molecule has 1 N–H and O–H groups in total. The number of nitrogens with one attached hydrogen (secondary N) is 1. The van der Waals surface area contributed by atoms with Crippen molar-refractivity contribution in [3.05, 3.63) is 34.9 Å². The van der Waals surface area contributed by atoms with Crippen molar-refractivity contribution in [3.8, 4) is 0 Å². The first-order valence-electron chi connectivity index (χ1n) is 5.93. The average Bonchev–Trinajstić information content (AvgIpc) is 2.24. The van der Waals surface area contributed by atoms with Crippen LogP contribution in [0.4, 0.5) is 0 Å². The van der Waals surface area contributed by atoms with Crippen molar-refractivity contribution in [3.63, 3.8) is 0 Å². The van der Waals surface area contributed by atoms with E-state index in [1.54, 1.807) is 0 Å². The van der Waals surface area contributed by atoms with Gasteiger partial charge in [0.15, 0.2) is 0 Å². The summed E-state index contributed by atoms with van der Waals surface area (Å²) in [6, 6.07) is 7.30. The van der Waals surface area contributed by atoms with Crippen LogP contribution in [0.1, 0.15) is 48.9 Å². The molecule has 1 unspecified atom stereocenters. The SMILES string of the molecule is CCCCC(NC)c1ccc(C)c(C)c1. The van der Waals surface area contributed by atoms with Crippen molar-refractivity contribution in [1.82, 2.24) is 5.32 Å². The van der Waals surface area contributed by atoms with Gasteiger partial charge in [-0.05, 0) is 44.0 Å². The number of hydrogen-bond acceptors (Lipinski definition) is 1. The van der Waals surface area contributed by atoms with Crippen molar-refractivity contribution in [2.45, 2.75) is 46.1 Å².